The third kappa shape index (κ3) is 3.13. The number of hydrogen-bond acceptors (Lipinski definition) is 3. The fraction of sp³-hybridized carbons (Fsp3) is 0.222. The number of ketones is 1. The van der Waals surface area contributed by atoms with Crippen LogP contribution < -0.4 is 9.64 Å². The highest BCUT2D eigenvalue weighted by Gasteiger charge is 2.28. The second kappa shape index (κ2) is 6.39. The Morgan fingerprint density at radius 1 is 1.21 bits per heavy atom. The van der Waals surface area contributed by atoms with E-state index in [1.54, 1.807) is 24.3 Å². The standard InChI is InChI=1S/C18H15F2NO3/c1-11(22)12-3-2-4-15(8-12)24-10-17(23)21-6-5-13-7-14(19)9-16(20)18(13)21/h2-4,7-9H,5-6,10H2,1H3. The molecule has 0 spiro atoms. The molecule has 0 bridgehead atoms. The zero-order valence-corrected chi connectivity index (χ0v) is 13.0. The minimum absolute atomic E-state index is 0.107. The molecule has 0 saturated carbocycles. The highest BCUT2D eigenvalue weighted by atomic mass is 19.1. The topological polar surface area (TPSA) is 46.6 Å². The molecule has 4 nitrogen and oxygen atoms in total. The number of rotatable bonds is 4. The van der Waals surface area contributed by atoms with Crippen molar-refractivity contribution >= 4 is 17.4 Å². The first-order valence-electron chi connectivity index (χ1n) is 7.48. The van der Waals surface area contributed by atoms with Crippen molar-refractivity contribution in [2.45, 2.75) is 13.3 Å². The molecule has 6 heteroatoms. The van der Waals surface area contributed by atoms with Crippen LogP contribution in [-0.2, 0) is 11.2 Å². The van der Waals surface area contributed by atoms with E-state index in [9.17, 15) is 18.4 Å². The van der Waals surface area contributed by atoms with Gasteiger partial charge in [-0.25, -0.2) is 8.78 Å². The second-order valence-corrected chi connectivity index (χ2v) is 5.56. The number of carbonyl (C=O) groups excluding carboxylic acids is 2. The first-order chi connectivity index (χ1) is 11.5. The molecule has 0 atom stereocenters. The monoisotopic (exact) mass is 331 g/mol. The van der Waals surface area contributed by atoms with Crippen LogP contribution in [0.15, 0.2) is 36.4 Å². The predicted octanol–water partition coefficient (Wildman–Crippen LogP) is 3.14. The summed E-state index contributed by atoms with van der Waals surface area (Å²) < 4.78 is 32.6. The summed E-state index contributed by atoms with van der Waals surface area (Å²) in [7, 11) is 0. The molecule has 3 rings (SSSR count). The molecule has 0 N–H and O–H groups in total. The van der Waals surface area contributed by atoms with Crippen molar-refractivity contribution < 1.29 is 23.1 Å². The van der Waals surface area contributed by atoms with Crippen molar-refractivity contribution in [2.24, 2.45) is 0 Å². The van der Waals surface area contributed by atoms with Gasteiger partial charge in [-0.1, -0.05) is 12.1 Å². The number of Topliss-reactive ketones (excluding diaryl/α,β-unsaturated/α-hetero) is 1. The van der Waals surface area contributed by atoms with Crippen molar-refractivity contribution in [3.05, 3.63) is 59.2 Å². The van der Waals surface area contributed by atoms with E-state index in [1.807, 2.05) is 0 Å². The van der Waals surface area contributed by atoms with Crippen LogP contribution in [0.3, 0.4) is 0 Å². The van der Waals surface area contributed by atoms with Gasteiger partial charge in [0.05, 0.1) is 5.69 Å². The van der Waals surface area contributed by atoms with Gasteiger partial charge in [-0.15, -0.1) is 0 Å². The zero-order chi connectivity index (χ0) is 17.3. The highest BCUT2D eigenvalue weighted by molar-refractivity contribution is 5.97. The molecular weight excluding hydrogens is 316 g/mol. The van der Waals surface area contributed by atoms with E-state index in [4.69, 9.17) is 4.74 Å². The number of carbonyl (C=O) groups is 2. The molecular formula is C18H15F2NO3. The van der Waals surface area contributed by atoms with E-state index in [-0.39, 0.29) is 24.6 Å². The van der Waals surface area contributed by atoms with Crippen LogP contribution in [0, 0.1) is 11.6 Å². The third-order valence-corrected chi connectivity index (χ3v) is 3.89. The maximum Gasteiger partial charge on any atom is 0.265 e. The maximum absolute atomic E-state index is 14.0. The summed E-state index contributed by atoms with van der Waals surface area (Å²) in [4.78, 5) is 24.9. The Morgan fingerprint density at radius 2 is 2.00 bits per heavy atom. The van der Waals surface area contributed by atoms with Gasteiger partial charge in [0.1, 0.15) is 17.4 Å². The summed E-state index contributed by atoms with van der Waals surface area (Å²) >= 11 is 0. The number of halogens is 2. The first kappa shape index (κ1) is 16.1. The van der Waals surface area contributed by atoms with Crippen molar-refractivity contribution in [2.75, 3.05) is 18.1 Å². The van der Waals surface area contributed by atoms with Crippen LogP contribution in [0.4, 0.5) is 14.5 Å². The normalized spacial score (nSPS) is 12.9. The number of amides is 1. The average molecular weight is 331 g/mol. The highest BCUT2D eigenvalue weighted by Crippen LogP contribution is 2.32. The molecule has 0 aliphatic carbocycles. The largest absolute Gasteiger partial charge is 0.484 e. The van der Waals surface area contributed by atoms with Crippen LogP contribution in [-0.4, -0.2) is 24.8 Å². The summed E-state index contributed by atoms with van der Waals surface area (Å²) in [6.07, 6.45) is 0.398. The van der Waals surface area contributed by atoms with Crippen LogP contribution in [0.1, 0.15) is 22.8 Å². The van der Waals surface area contributed by atoms with E-state index < -0.39 is 17.5 Å². The quantitative estimate of drug-likeness (QED) is 0.809. The van der Waals surface area contributed by atoms with Gasteiger partial charge in [0.15, 0.2) is 12.4 Å². The van der Waals surface area contributed by atoms with Gasteiger partial charge in [0.2, 0.25) is 0 Å². The molecule has 124 valence electrons. The lowest BCUT2D eigenvalue weighted by atomic mass is 10.1. The Bertz CT molecular complexity index is 820. The molecule has 0 unspecified atom stereocenters. The lowest BCUT2D eigenvalue weighted by Gasteiger charge is -2.18. The Hall–Kier alpha value is -2.76. The SMILES string of the molecule is CC(=O)c1cccc(OCC(=O)N2CCc3cc(F)cc(F)c32)c1. The maximum atomic E-state index is 14.0. The minimum atomic E-state index is -0.755. The van der Waals surface area contributed by atoms with Crippen molar-refractivity contribution in [1.29, 1.82) is 0 Å². The zero-order valence-electron chi connectivity index (χ0n) is 13.0. The molecule has 0 radical (unpaired) electrons. The fourth-order valence-electron chi connectivity index (χ4n) is 2.73. The van der Waals surface area contributed by atoms with Crippen LogP contribution in [0.2, 0.25) is 0 Å². The minimum Gasteiger partial charge on any atom is -0.484 e. The van der Waals surface area contributed by atoms with Gasteiger partial charge >= 0.3 is 0 Å². The number of ether oxygens (including phenoxy) is 1. The summed E-state index contributed by atoms with van der Waals surface area (Å²) in [6, 6.07) is 8.49. The lowest BCUT2D eigenvalue weighted by Crippen LogP contribution is -2.34. The lowest BCUT2D eigenvalue weighted by molar-refractivity contribution is -0.120. The van der Waals surface area contributed by atoms with Gasteiger partial charge in [-0.05, 0) is 37.1 Å². The predicted molar refractivity (Wildman–Crippen MR) is 84.4 cm³/mol. The third-order valence-electron chi connectivity index (χ3n) is 3.89. The molecule has 1 heterocycles. The van der Waals surface area contributed by atoms with Gasteiger partial charge in [-0.3, -0.25) is 9.59 Å². The average Bonchev–Trinajstić information content (AvgIpc) is 2.97. The molecule has 1 aliphatic rings. The Labute approximate surface area is 137 Å². The second-order valence-electron chi connectivity index (χ2n) is 5.56. The van der Waals surface area contributed by atoms with Gasteiger partial charge in [0.25, 0.3) is 5.91 Å². The summed E-state index contributed by atoms with van der Waals surface area (Å²) in [5.74, 6) is -1.56. The van der Waals surface area contributed by atoms with E-state index in [2.05, 4.69) is 0 Å². The number of benzene rings is 2. The fourth-order valence-corrected chi connectivity index (χ4v) is 2.73. The Kier molecular flexibility index (Phi) is 4.29. The Morgan fingerprint density at radius 3 is 2.75 bits per heavy atom. The van der Waals surface area contributed by atoms with Gasteiger partial charge < -0.3 is 9.64 Å². The number of hydrogen-bond donors (Lipinski definition) is 0. The van der Waals surface area contributed by atoms with E-state index >= 15 is 0 Å². The van der Waals surface area contributed by atoms with Gasteiger partial charge in [0, 0.05) is 18.2 Å². The van der Waals surface area contributed by atoms with Crippen molar-refractivity contribution in [1.82, 2.24) is 0 Å². The van der Waals surface area contributed by atoms with Crippen molar-refractivity contribution in [3.8, 4) is 5.75 Å². The van der Waals surface area contributed by atoms with E-state index in [0.29, 0.717) is 23.3 Å². The number of nitrogens with zero attached hydrogens (tertiary/aromatic N) is 1. The van der Waals surface area contributed by atoms with Crippen molar-refractivity contribution in [3.63, 3.8) is 0 Å². The van der Waals surface area contributed by atoms with E-state index in [0.717, 1.165) is 6.07 Å². The molecule has 0 fully saturated rings. The molecule has 0 aromatic heterocycles. The smallest absolute Gasteiger partial charge is 0.265 e. The molecule has 2 aromatic rings. The number of anilines is 1. The summed E-state index contributed by atoms with van der Waals surface area (Å²) in [5.41, 5.74) is 1.06. The summed E-state index contributed by atoms with van der Waals surface area (Å²) in [6.45, 7) is 1.43. The molecule has 1 aliphatic heterocycles. The summed E-state index contributed by atoms with van der Waals surface area (Å²) in [5, 5.41) is 0. The van der Waals surface area contributed by atoms with Crippen LogP contribution in [0.5, 0.6) is 5.75 Å². The Balaban J connectivity index is 1.72. The van der Waals surface area contributed by atoms with E-state index in [1.165, 1.54) is 17.9 Å². The molecule has 24 heavy (non-hydrogen) atoms. The molecule has 1 amide bonds. The van der Waals surface area contributed by atoms with Crippen LogP contribution >= 0.6 is 0 Å². The molecule has 2 aromatic carbocycles. The number of fused-ring (bicyclic) bond motifs is 1. The van der Waals surface area contributed by atoms with Crippen LogP contribution in [0.25, 0.3) is 0 Å². The first-order valence-corrected chi connectivity index (χ1v) is 7.48. The van der Waals surface area contributed by atoms with Gasteiger partial charge in [-0.2, -0.15) is 0 Å². The molecule has 0 saturated heterocycles.